The minimum absolute atomic E-state index is 0.0996. The molecule has 1 saturated heterocycles. The number of H-pyrrole nitrogens is 1. The number of rotatable bonds is 6. The van der Waals surface area contributed by atoms with Gasteiger partial charge in [-0.15, -0.1) is 0 Å². The Morgan fingerprint density at radius 1 is 1.05 bits per heavy atom. The molecule has 39 heavy (non-hydrogen) atoms. The predicted molar refractivity (Wildman–Crippen MR) is 147 cm³/mol. The molecule has 0 saturated carbocycles. The summed E-state index contributed by atoms with van der Waals surface area (Å²) in [4.78, 5) is 11.8. The Labute approximate surface area is 237 Å². The first-order valence-electron chi connectivity index (χ1n) is 11.9. The maximum absolute atomic E-state index is 14.2. The van der Waals surface area contributed by atoms with Gasteiger partial charge in [-0.25, -0.2) is 4.98 Å². The molecule has 3 aromatic heterocycles. The molecule has 0 radical (unpaired) electrons. The second-order valence-corrected chi connectivity index (χ2v) is 11.2. The van der Waals surface area contributed by atoms with Crippen molar-refractivity contribution in [3.05, 3.63) is 63.0 Å². The van der Waals surface area contributed by atoms with Crippen LogP contribution in [0.15, 0.2) is 36.8 Å². The minimum Gasteiger partial charge on any atom is -0.484 e. The van der Waals surface area contributed by atoms with Gasteiger partial charge in [0.1, 0.15) is 23.4 Å². The highest BCUT2D eigenvalue weighted by Crippen LogP contribution is 2.43. The zero-order valence-electron chi connectivity index (χ0n) is 21.4. The van der Waals surface area contributed by atoms with E-state index in [1.165, 1.54) is 18.6 Å². The van der Waals surface area contributed by atoms with Crippen LogP contribution in [0.2, 0.25) is 15.1 Å². The van der Waals surface area contributed by atoms with E-state index in [4.69, 9.17) is 39.5 Å². The van der Waals surface area contributed by atoms with Gasteiger partial charge in [0, 0.05) is 48.2 Å². The second kappa shape index (κ2) is 9.99. The Hall–Kier alpha value is -2.79. The number of nitrogens with zero attached hydrogens (tertiary/aromatic N) is 5. The summed E-state index contributed by atoms with van der Waals surface area (Å²) in [5.74, 6) is 0.185. The Kier molecular flexibility index (Phi) is 7.12. The SMILES string of the molecule is C[C@@H](Oc1cc2c(-c3cnc(N4CC(C)(N(C)C)C4)c(C(F)(F)F)c3)n[nH]c2cc1Cl)c1c(Cl)cncc1Cl. The number of fused-ring (bicyclic) bond motifs is 1. The summed E-state index contributed by atoms with van der Waals surface area (Å²) in [6.45, 7) is 4.62. The number of benzene rings is 1. The van der Waals surface area contributed by atoms with Crippen LogP contribution < -0.4 is 9.64 Å². The zero-order valence-corrected chi connectivity index (χ0v) is 23.6. The van der Waals surface area contributed by atoms with Gasteiger partial charge in [-0.3, -0.25) is 10.1 Å². The van der Waals surface area contributed by atoms with E-state index in [0.29, 0.717) is 39.6 Å². The molecule has 1 aliphatic heterocycles. The molecule has 0 amide bonds. The third-order valence-electron chi connectivity index (χ3n) is 7.10. The van der Waals surface area contributed by atoms with Gasteiger partial charge in [0.05, 0.1) is 31.7 Å². The van der Waals surface area contributed by atoms with Crippen LogP contribution >= 0.6 is 34.8 Å². The van der Waals surface area contributed by atoms with E-state index in [1.807, 2.05) is 25.9 Å². The van der Waals surface area contributed by atoms with Gasteiger partial charge in [-0.2, -0.15) is 18.3 Å². The number of hydrogen-bond acceptors (Lipinski definition) is 6. The van der Waals surface area contributed by atoms with Gasteiger partial charge in [-0.1, -0.05) is 34.8 Å². The predicted octanol–water partition coefficient (Wildman–Crippen LogP) is 7.28. The first kappa shape index (κ1) is 27.8. The van der Waals surface area contributed by atoms with Gasteiger partial charge in [0.15, 0.2) is 0 Å². The second-order valence-electron chi connectivity index (χ2n) is 10.0. The van der Waals surface area contributed by atoms with Crippen molar-refractivity contribution in [3.63, 3.8) is 0 Å². The third kappa shape index (κ3) is 5.11. The molecule has 4 heterocycles. The lowest BCUT2D eigenvalue weighted by Gasteiger charge is -2.52. The van der Waals surface area contributed by atoms with E-state index in [1.54, 1.807) is 24.0 Å². The lowest BCUT2D eigenvalue weighted by atomic mass is 9.90. The summed E-state index contributed by atoms with van der Waals surface area (Å²) < 4.78 is 48.6. The molecule has 7 nitrogen and oxygen atoms in total. The van der Waals surface area contributed by atoms with E-state index in [2.05, 4.69) is 20.2 Å². The molecule has 1 aromatic carbocycles. The van der Waals surface area contributed by atoms with Crippen LogP contribution in [0.25, 0.3) is 22.2 Å². The summed E-state index contributed by atoms with van der Waals surface area (Å²) >= 11 is 19.0. The molecule has 13 heteroatoms. The largest absolute Gasteiger partial charge is 0.484 e. The highest BCUT2D eigenvalue weighted by Gasteiger charge is 2.45. The Balaban J connectivity index is 1.51. The maximum Gasteiger partial charge on any atom is 0.419 e. The molecule has 1 fully saturated rings. The molecular weight excluding hydrogens is 576 g/mol. The number of alkyl halides is 3. The van der Waals surface area contributed by atoms with Gasteiger partial charge in [0.25, 0.3) is 0 Å². The summed E-state index contributed by atoms with van der Waals surface area (Å²) in [6, 6.07) is 4.30. The van der Waals surface area contributed by atoms with Gasteiger partial charge in [0.2, 0.25) is 0 Å². The Morgan fingerprint density at radius 2 is 1.72 bits per heavy atom. The van der Waals surface area contributed by atoms with Crippen molar-refractivity contribution in [1.29, 1.82) is 0 Å². The highest BCUT2D eigenvalue weighted by atomic mass is 35.5. The third-order valence-corrected chi connectivity index (χ3v) is 8.00. The molecular formula is C26H24Cl3F3N6O. The van der Waals surface area contributed by atoms with E-state index in [0.717, 1.165) is 6.07 Å². The molecule has 1 atom stereocenters. The zero-order chi connectivity index (χ0) is 28.3. The fraction of sp³-hybridized carbons (Fsp3) is 0.346. The lowest BCUT2D eigenvalue weighted by molar-refractivity contribution is -0.137. The Morgan fingerprint density at radius 3 is 2.33 bits per heavy atom. The van der Waals surface area contributed by atoms with E-state index in [9.17, 15) is 13.2 Å². The summed E-state index contributed by atoms with van der Waals surface area (Å²) in [5, 5.41) is 8.55. The standard InChI is InChI=1S/C26H24Cl3F3N6O/c1-13(22-18(28)9-33-10-19(22)29)39-21-6-15-20(7-17(21)27)35-36-23(15)14-5-16(26(30,31)32)24(34-8-14)38-11-25(2,12-38)37(3)4/h5-10,13H,11-12H2,1-4H3,(H,35,36)/t13-/m1/s1. The van der Waals surface area contributed by atoms with Crippen LogP contribution in [0, 0.1) is 0 Å². The molecule has 1 aliphatic rings. The van der Waals surface area contributed by atoms with Gasteiger partial charge in [-0.05, 0) is 46.1 Å². The smallest absolute Gasteiger partial charge is 0.419 e. The van der Waals surface area contributed by atoms with Gasteiger partial charge < -0.3 is 14.5 Å². The number of hydrogen-bond donors (Lipinski definition) is 1. The Bertz CT molecular complexity index is 1530. The van der Waals surface area contributed by atoms with Crippen molar-refractivity contribution in [2.75, 3.05) is 32.1 Å². The summed E-state index contributed by atoms with van der Waals surface area (Å²) in [5.41, 5.74) is 0.497. The highest BCUT2D eigenvalue weighted by molar-refractivity contribution is 6.36. The molecule has 5 rings (SSSR count). The number of nitrogens with one attached hydrogen (secondary N) is 1. The molecule has 4 aromatic rings. The molecule has 0 bridgehead atoms. The molecule has 1 N–H and O–H groups in total. The fourth-order valence-electron chi connectivity index (χ4n) is 4.64. The molecule has 0 aliphatic carbocycles. The van der Waals surface area contributed by atoms with Crippen LogP contribution in [0.4, 0.5) is 19.0 Å². The minimum atomic E-state index is -4.61. The molecule has 0 unspecified atom stereocenters. The van der Waals surface area contributed by atoms with Crippen molar-refractivity contribution < 1.29 is 17.9 Å². The van der Waals surface area contributed by atoms with Crippen LogP contribution in [-0.2, 0) is 6.18 Å². The fourth-order valence-corrected chi connectivity index (χ4v) is 5.52. The van der Waals surface area contributed by atoms with E-state index in [-0.39, 0.29) is 33.4 Å². The van der Waals surface area contributed by atoms with E-state index < -0.39 is 17.8 Å². The van der Waals surface area contributed by atoms with Crippen molar-refractivity contribution in [1.82, 2.24) is 25.1 Å². The topological polar surface area (TPSA) is 70.2 Å². The lowest BCUT2D eigenvalue weighted by Crippen LogP contribution is -2.67. The van der Waals surface area contributed by atoms with Gasteiger partial charge >= 0.3 is 6.18 Å². The average Bonchev–Trinajstić information content (AvgIpc) is 3.23. The van der Waals surface area contributed by atoms with Crippen molar-refractivity contribution in [2.45, 2.75) is 31.7 Å². The van der Waals surface area contributed by atoms with Crippen molar-refractivity contribution >= 4 is 51.5 Å². The van der Waals surface area contributed by atoms with Crippen LogP contribution in [0.3, 0.4) is 0 Å². The molecule has 0 spiro atoms. The van der Waals surface area contributed by atoms with Crippen LogP contribution in [0.1, 0.15) is 31.1 Å². The monoisotopic (exact) mass is 598 g/mol. The number of halogens is 6. The number of aromatic amines is 1. The number of aromatic nitrogens is 4. The quantitative estimate of drug-likeness (QED) is 0.251. The van der Waals surface area contributed by atoms with E-state index >= 15 is 0 Å². The average molecular weight is 600 g/mol. The summed E-state index contributed by atoms with van der Waals surface area (Å²) in [7, 11) is 3.82. The normalized spacial score (nSPS) is 16.0. The summed E-state index contributed by atoms with van der Waals surface area (Å²) in [6.07, 6.45) is -0.889. The van der Waals surface area contributed by atoms with Crippen LogP contribution in [0.5, 0.6) is 5.75 Å². The maximum atomic E-state index is 14.2. The molecule has 206 valence electrons. The van der Waals surface area contributed by atoms with Crippen molar-refractivity contribution in [2.24, 2.45) is 0 Å². The number of likely N-dealkylation sites (N-methyl/N-ethyl adjacent to an activating group) is 1. The number of anilines is 1. The number of ether oxygens (including phenoxy) is 1. The van der Waals surface area contributed by atoms with Crippen LogP contribution in [-0.4, -0.2) is 57.8 Å². The first-order valence-corrected chi connectivity index (χ1v) is 13.0. The number of pyridine rings is 2. The first-order chi connectivity index (χ1) is 18.3. The van der Waals surface area contributed by atoms with Crippen molar-refractivity contribution in [3.8, 4) is 17.0 Å².